The van der Waals surface area contributed by atoms with Crippen molar-refractivity contribution in [1.82, 2.24) is 9.62 Å². The first-order valence-corrected chi connectivity index (χ1v) is 15.8. The second-order valence-corrected chi connectivity index (χ2v) is 12.4. The molecule has 0 spiro atoms. The van der Waals surface area contributed by atoms with E-state index < -0.39 is 127 Å². The number of carbonyl (C=O) groups excluding carboxylic acids is 1. The fourth-order valence-electron chi connectivity index (χ4n) is 4.84. The third-order valence-electron chi connectivity index (χ3n) is 7.25. The highest BCUT2D eigenvalue weighted by atomic mass is 32.2. The molecular formula is C35H43FN2O9S. The number of alkyl carbamates (subject to hydrolysis) is 1. The van der Waals surface area contributed by atoms with Gasteiger partial charge in [-0.3, -0.25) is 0 Å². The lowest BCUT2D eigenvalue weighted by molar-refractivity contribution is -0.0907. The van der Waals surface area contributed by atoms with Crippen molar-refractivity contribution in [3.05, 3.63) is 89.7 Å². The van der Waals surface area contributed by atoms with E-state index in [-0.39, 0.29) is 36.0 Å². The molecule has 2 heterocycles. The zero-order chi connectivity index (χ0) is 49.0. The van der Waals surface area contributed by atoms with E-state index in [4.69, 9.17) is 42.3 Å². The number of carbonyl (C=O) groups is 1. The zero-order valence-corrected chi connectivity index (χ0v) is 25.8. The summed E-state index contributed by atoms with van der Waals surface area (Å²) >= 11 is 0. The summed E-state index contributed by atoms with van der Waals surface area (Å²) in [5.41, 5.74) is 0.292. The van der Waals surface area contributed by atoms with Crippen molar-refractivity contribution < 1.29 is 69.7 Å². The number of ether oxygens (including phenoxy) is 5. The molecule has 0 saturated carbocycles. The van der Waals surface area contributed by atoms with E-state index in [0.717, 1.165) is 0 Å². The molecule has 2 aliphatic heterocycles. The van der Waals surface area contributed by atoms with Crippen molar-refractivity contribution in [2.45, 2.75) is 62.5 Å². The van der Waals surface area contributed by atoms with E-state index in [2.05, 4.69) is 10.1 Å². The number of nitrogens with zero attached hydrogens (tertiary/aromatic N) is 1. The summed E-state index contributed by atoms with van der Waals surface area (Å²) in [7, 11) is -9.08. The standard InChI is InChI=1S/C35H43FN2O9S/c1-23(2)19-38(48(41,42)27-13-14-32(43-3)29(36)18-27)20-31(39)30(37-35(40)47-33-22-46-34-28(33)15-16-44-34)17-24-9-11-26(12-10-24)45-21-25-7-5-4-6-8-25/h4-14,18,23,28,30-31,33-34,39H,15-17,19-22H2,1-3H3,(H,37,40)/t28-,30-,31+,33-,34+/m0/s1/i1D3,2D3,3D3,19D2,21D2,22D2,23D,33D. The Labute approximate surface area is 304 Å². The van der Waals surface area contributed by atoms with Gasteiger partial charge in [0.2, 0.25) is 10.0 Å². The first-order valence-electron chi connectivity index (χ1n) is 22.9. The largest absolute Gasteiger partial charge is 0.494 e. The molecule has 2 N–H and O–H groups in total. The van der Waals surface area contributed by atoms with E-state index in [1.54, 1.807) is 18.2 Å². The molecule has 0 unspecified atom stereocenters. The Bertz CT molecular complexity index is 2280. The third kappa shape index (κ3) is 9.03. The van der Waals surface area contributed by atoms with E-state index in [9.17, 15) is 18.3 Å². The normalized spacial score (nSPS) is 29.8. The maximum atomic E-state index is 15.2. The van der Waals surface area contributed by atoms with Crippen LogP contribution in [0.2, 0.25) is 0 Å². The molecule has 11 nitrogen and oxygen atoms in total. The fraction of sp³-hybridized carbons (Fsp3) is 0.457. The molecule has 0 aliphatic carbocycles. The lowest BCUT2D eigenvalue weighted by Crippen LogP contribution is -2.51. The zero-order valence-electron chi connectivity index (χ0n) is 42.0. The fourth-order valence-corrected chi connectivity index (χ4v) is 6.14. The lowest BCUT2D eigenvalue weighted by atomic mass is 10.0. The average molecular weight is 704 g/mol. The number of fused-ring (bicyclic) bond motifs is 1. The minimum absolute atomic E-state index is 0.000374. The maximum Gasteiger partial charge on any atom is 0.407 e. The predicted molar refractivity (Wildman–Crippen MR) is 174 cm³/mol. The lowest BCUT2D eigenvalue weighted by Gasteiger charge is -2.31. The average Bonchev–Trinajstić information content (AvgIpc) is 3.70. The molecule has 48 heavy (non-hydrogen) atoms. The Balaban J connectivity index is 1.58. The molecule has 0 radical (unpaired) electrons. The molecule has 260 valence electrons. The SMILES string of the molecule is [2H]C([2H])([2H])Oc1ccc(S(=O)(=O)N(C[C@@H](O)[C@H](Cc2ccc(OC([2H])([2H])c3ccccc3)cc2)NC(=O)O[C@]2([2H])[C@@H]3CCO[C@@H]3OC2([2H])[2H])C([2H])([2H])C([2H])(C([2H])([2H])[2H])C([2H])([2H])[2H])cc1F. The van der Waals surface area contributed by atoms with Crippen LogP contribution in [-0.2, 0) is 37.2 Å². The van der Waals surface area contributed by atoms with Crippen LogP contribution in [0.4, 0.5) is 9.18 Å². The van der Waals surface area contributed by atoms with Gasteiger partial charge >= 0.3 is 6.09 Å². The van der Waals surface area contributed by atoms with Gasteiger partial charge in [0.1, 0.15) is 18.4 Å². The maximum absolute atomic E-state index is 15.2. The Morgan fingerprint density at radius 2 is 1.98 bits per heavy atom. The van der Waals surface area contributed by atoms with E-state index >= 15 is 4.39 Å². The predicted octanol–water partition coefficient (Wildman–Crippen LogP) is 4.52. The molecule has 1 amide bonds. The minimum atomic E-state index is -5.84. The first kappa shape index (κ1) is 19.4. The Morgan fingerprint density at radius 3 is 2.71 bits per heavy atom. The van der Waals surface area contributed by atoms with Crippen LogP contribution in [0.15, 0.2) is 77.7 Å². The van der Waals surface area contributed by atoms with Gasteiger partial charge in [-0.05, 0) is 60.2 Å². The van der Waals surface area contributed by atoms with Crippen molar-refractivity contribution in [1.29, 1.82) is 0 Å². The van der Waals surface area contributed by atoms with Gasteiger partial charge in [-0.1, -0.05) is 56.2 Å². The van der Waals surface area contributed by atoms with Crippen LogP contribution >= 0.6 is 0 Å². The number of halogens is 1. The summed E-state index contributed by atoms with van der Waals surface area (Å²) in [6, 6.07) is 12.1. The van der Waals surface area contributed by atoms with Crippen molar-refractivity contribution in [2.75, 3.05) is 33.2 Å². The highest BCUT2D eigenvalue weighted by Crippen LogP contribution is 2.33. The number of amides is 1. The van der Waals surface area contributed by atoms with Gasteiger partial charge in [-0.2, -0.15) is 4.31 Å². The van der Waals surface area contributed by atoms with Crippen molar-refractivity contribution >= 4 is 16.1 Å². The van der Waals surface area contributed by atoms with Gasteiger partial charge in [0.05, 0.1) is 54.1 Å². The van der Waals surface area contributed by atoms with E-state index in [1.807, 2.05) is 0 Å². The highest BCUT2D eigenvalue weighted by molar-refractivity contribution is 7.89. The van der Waals surface area contributed by atoms with Crippen LogP contribution in [0.1, 0.15) is 54.6 Å². The quantitative estimate of drug-likeness (QED) is 0.235. The molecule has 2 fully saturated rings. The summed E-state index contributed by atoms with van der Waals surface area (Å²) in [4.78, 5) is 12.4. The number of methoxy groups -OCH3 is 1. The molecule has 13 heteroatoms. The molecule has 3 aromatic carbocycles. The molecule has 3 aromatic rings. The summed E-state index contributed by atoms with van der Waals surface area (Å²) in [6.07, 6.45) is -8.82. The number of aliphatic hydroxyl groups excluding tert-OH is 1. The monoisotopic (exact) mass is 703 g/mol. The van der Waals surface area contributed by atoms with Crippen LogP contribution < -0.4 is 14.8 Å². The summed E-state index contributed by atoms with van der Waals surface area (Å²) in [6.45, 7) is -19.8. The number of hydrogen-bond donors (Lipinski definition) is 2. The number of rotatable bonds is 15. The summed E-state index contributed by atoms with van der Waals surface area (Å²) < 4.78 is 207. The van der Waals surface area contributed by atoms with Crippen LogP contribution in [0.25, 0.3) is 0 Å². The smallest absolute Gasteiger partial charge is 0.407 e. The van der Waals surface area contributed by atoms with Gasteiger partial charge in [0.25, 0.3) is 0 Å². The third-order valence-corrected chi connectivity index (χ3v) is 8.92. The number of hydrogen-bond acceptors (Lipinski definition) is 9. The molecule has 2 saturated heterocycles. The highest BCUT2D eigenvalue weighted by Gasteiger charge is 2.44. The van der Waals surface area contributed by atoms with Gasteiger partial charge in [0.15, 0.2) is 17.9 Å². The van der Waals surface area contributed by atoms with Crippen molar-refractivity contribution in [2.24, 2.45) is 11.8 Å². The molecular weight excluding hydrogens is 643 g/mol. The molecule has 5 atom stereocenters. The van der Waals surface area contributed by atoms with Crippen LogP contribution in [0.3, 0.4) is 0 Å². The summed E-state index contributed by atoms with van der Waals surface area (Å²) in [5.74, 6) is -8.27. The minimum Gasteiger partial charge on any atom is -0.494 e. The number of aliphatic hydroxyl groups is 1. The van der Waals surface area contributed by atoms with Gasteiger partial charge in [-0.15, -0.1) is 0 Å². The Kier molecular flexibility index (Phi) is 6.52. The molecule has 5 rings (SSSR count). The summed E-state index contributed by atoms with van der Waals surface area (Å²) in [5, 5.41) is 14.1. The van der Waals surface area contributed by atoms with Crippen LogP contribution in [-0.4, -0.2) is 81.7 Å². The number of sulfonamides is 1. The van der Waals surface area contributed by atoms with Gasteiger partial charge < -0.3 is 34.1 Å². The molecule has 0 bridgehead atoms. The first-order chi connectivity index (χ1) is 29.6. The molecule has 0 aromatic heterocycles. The van der Waals surface area contributed by atoms with E-state index in [0.29, 0.717) is 12.1 Å². The van der Waals surface area contributed by atoms with Crippen LogP contribution in [0.5, 0.6) is 11.5 Å². The van der Waals surface area contributed by atoms with Gasteiger partial charge in [0, 0.05) is 25.4 Å². The van der Waals surface area contributed by atoms with E-state index in [1.165, 1.54) is 36.4 Å². The van der Waals surface area contributed by atoms with Gasteiger partial charge in [-0.25, -0.2) is 17.6 Å². The number of benzene rings is 3. The topological polar surface area (TPSA) is 133 Å². The second kappa shape index (κ2) is 16.1. The Morgan fingerprint density at radius 1 is 1.19 bits per heavy atom. The van der Waals surface area contributed by atoms with Crippen molar-refractivity contribution in [3.8, 4) is 11.5 Å². The Hall–Kier alpha value is -3.75. The number of nitrogens with one attached hydrogen (secondary N) is 1. The van der Waals surface area contributed by atoms with Crippen molar-refractivity contribution in [3.63, 3.8) is 0 Å². The second-order valence-electron chi connectivity index (χ2n) is 10.6. The van der Waals surface area contributed by atoms with Crippen LogP contribution in [0, 0.1) is 17.6 Å². The molecule has 2 aliphatic rings.